The number of aromatic nitrogens is 2. The predicted octanol–water partition coefficient (Wildman–Crippen LogP) is 3.63. The van der Waals surface area contributed by atoms with Crippen LogP contribution in [0.5, 0.6) is 5.75 Å². The first-order valence-corrected chi connectivity index (χ1v) is 12.4. The number of ether oxygens (including phenoxy) is 1. The summed E-state index contributed by atoms with van der Waals surface area (Å²) in [6, 6.07) is 10.8. The number of hydrogen-bond donors (Lipinski definition) is 0. The summed E-state index contributed by atoms with van der Waals surface area (Å²) in [5.41, 5.74) is 2.25. The number of fused-ring (bicyclic) bond motifs is 1. The van der Waals surface area contributed by atoms with Crippen molar-refractivity contribution in [2.24, 2.45) is 0 Å². The summed E-state index contributed by atoms with van der Waals surface area (Å²) in [6.45, 7) is 4.62. The molecule has 0 aliphatic carbocycles. The molecule has 3 aliphatic heterocycles. The first-order chi connectivity index (χ1) is 16.2. The van der Waals surface area contributed by atoms with E-state index in [0.717, 1.165) is 74.8 Å². The van der Waals surface area contributed by atoms with Crippen LogP contribution in [0.1, 0.15) is 56.2 Å². The normalized spacial score (nSPS) is 24.0. The van der Waals surface area contributed by atoms with Crippen LogP contribution in [0.2, 0.25) is 0 Å². The van der Waals surface area contributed by atoms with Crippen LogP contribution in [-0.2, 0) is 17.9 Å². The lowest BCUT2D eigenvalue weighted by Crippen LogP contribution is -2.48. The fourth-order valence-electron chi connectivity index (χ4n) is 5.68. The number of rotatable bonds is 6. The summed E-state index contributed by atoms with van der Waals surface area (Å²) < 4.78 is 5.30. The van der Waals surface area contributed by atoms with Crippen LogP contribution < -0.4 is 9.64 Å². The Kier molecular flexibility index (Phi) is 6.76. The third-order valence-corrected chi connectivity index (χ3v) is 7.45. The number of anilines is 1. The fraction of sp³-hybridized carbons (Fsp3) is 0.577. The maximum atomic E-state index is 13.2. The largest absolute Gasteiger partial charge is 0.497 e. The van der Waals surface area contributed by atoms with Gasteiger partial charge in [0, 0.05) is 57.4 Å². The summed E-state index contributed by atoms with van der Waals surface area (Å²) in [5.74, 6) is 2.01. The highest BCUT2D eigenvalue weighted by molar-refractivity contribution is 5.76. The molecule has 3 aliphatic rings. The summed E-state index contributed by atoms with van der Waals surface area (Å²) in [7, 11) is 1.68. The Morgan fingerprint density at radius 2 is 1.76 bits per heavy atom. The third kappa shape index (κ3) is 4.98. The molecule has 7 heteroatoms. The number of amides is 1. The zero-order valence-corrected chi connectivity index (χ0v) is 19.7. The molecule has 1 aromatic carbocycles. The van der Waals surface area contributed by atoms with E-state index in [4.69, 9.17) is 9.72 Å². The quantitative estimate of drug-likeness (QED) is 0.671. The Bertz CT molecular complexity index is 944. The van der Waals surface area contributed by atoms with Gasteiger partial charge in [-0.3, -0.25) is 9.69 Å². The standard InChI is InChI=1S/C26H35N5O2/c1-33-22-10-8-20(9-11-22)18-31-24-13-17-30(23(24)6-2-3-7-25(31)32)19-21-12-14-27-26(28-21)29-15-4-5-16-29/h8-12,14,23-24H,2-7,13,15-19H2,1H3/t23-,24+/m1/s1. The maximum Gasteiger partial charge on any atom is 0.225 e. The Morgan fingerprint density at radius 1 is 0.939 bits per heavy atom. The molecule has 1 aromatic heterocycles. The van der Waals surface area contributed by atoms with E-state index in [2.05, 4.69) is 37.9 Å². The van der Waals surface area contributed by atoms with E-state index >= 15 is 0 Å². The molecule has 3 fully saturated rings. The molecular weight excluding hydrogens is 414 g/mol. The van der Waals surface area contributed by atoms with E-state index in [0.29, 0.717) is 24.9 Å². The van der Waals surface area contributed by atoms with Crippen molar-refractivity contribution in [2.75, 3.05) is 31.6 Å². The van der Waals surface area contributed by atoms with Crippen LogP contribution in [0.3, 0.4) is 0 Å². The molecule has 0 spiro atoms. The van der Waals surface area contributed by atoms with Crippen LogP contribution in [0.15, 0.2) is 36.5 Å². The third-order valence-electron chi connectivity index (χ3n) is 7.45. The Balaban J connectivity index is 1.31. The molecule has 1 amide bonds. The van der Waals surface area contributed by atoms with Gasteiger partial charge in [0.15, 0.2) is 0 Å². The molecule has 0 unspecified atom stereocenters. The number of benzene rings is 1. The van der Waals surface area contributed by atoms with Crippen molar-refractivity contribution in [1.82, 2.24) is 19.8 Å². The highest BCUT2D eigenvalue weighted by Crippen LogP contribution is 2.32. The molecule has 176 valence electrons. The van der Waals surface area contributed by atoms with Gasteiger partial charge in [-0.15, -0.1) is 0 Å². The van der Waals surface area contributed by atoms with Crippen LogP contribution in [0, 0.1) is 0 Å². The minimum atomic E-state index is 0.264. The van der Waals surface area contributed by atoms with Gasteiger partial charge in [-0.2, -0.15) is 0 Å². The monoisotopic (exact) mass is 449 g/mol. The lowest BCUT2D eigenvalue weighted by atomic mass is 9.96. The fourth-order valence-corrected chi connectivity index (χ4v) is 5.68. The molecule has 0 radical (unpaired) electrons. The van der Waals surface area contributed by atoms with Crippen LogP contribution in [0.4, 0.5) is 5.95 Å². The maximum absolute atomic E-state index is 13.2. The number of carbonyl (C=O) groups excluding carboxylic acids is 1. The van der Waals surface area contributed by atoms with Gasteiger partial charge in [-0.1, -0.05) is 18.6 Å². The van der Waals surface area contributed by atoms with Crippen molar-refractivity contribution in [2.45, 2.75) is 70.1 Å². The van der Waals surface area contributed by atoms with Crippen molar-refractivity contribution in [3.63, 3.8) is 0 Å². The first kappa shape index (κ1) is 22.1. The Hall–Kier alpha value is -2.67. The van der Waals surface area contributed by atoms with Crippen molar-refractivity contribution >= 4 is 11.9 Å². The molecule has 2 atom stereocenters. The zero-order chi connectivity index (χ0) is 22.6. The van der Waals surface area contributed by atoms with E-state index < -0.39 is 0 Å². The van der Waals surface area contributed by atoms with Crippen LogP contribution >= 0.6 is 0 Å². The van der Waals surface area contributed by atoms with Gasteiger partial charge in [-0.05, 0) is 55.9 Å². The van der Waals surface area contributed by atoms with E-state index in [9.17, 15) is 4.79 Å². The second-order valence-corrected chi connectivity index (χ2v) is 9.55. The van der Waals surface area contributed by atoms with E-state index in [1.54, 1.807) is 7.11 Å². The minimum Gasteiger partial charge on any atom is -0.497 e. The molecule has 0 N–H and O–H groups in total. The highest BCUT2D eigenvalue weighted by Gasteiger charge is 2.40. The molecule has 2 aromatic rings. The van der Waals surface area contributed by atoms with Gasteiger partial charge in [0.2, 0.25) is 11.9 Å². The summed E-state index contributed by atoms with van der Waals surface area (Å²) in [5, 5.41) is 0. The summed E-state index contributed by atoms with van der Waals surface area (Å²) >= 11 is 0. The van der Waals surface area contributed by atoms with Gasteiger partial charge in [-0.25, -0.2) is 9.97 Å². The molecule has 5 rings (SSSR count). The van der Waals surface area contributed by atoms with E-state index in [1.165, 1.54) is 12.8 Å². The Labute approximate surface area is 196 Å². The zero-order valence-electron chi connectivity index (χ0n) is 19.7. The lowest BCUT2D eigenvalue weighted by molar-refractivity contribution is -0.135. The van der Waals surface area contributed by atoms with Crippen molar-refractivity contribution in [3.8, 4) is 5.75 Å². The molecule has 33 heavy (non-hydrogen) atoms. The van der Waals surface area contributed by atoms with Crippen LogP contribution in [0.25, 0.3) is 0 Å². The topological polar surface area (TPSA) is 61.8 Å². The minimum absolute atomic E-state index is 0.264. The van der Waals surface area contributed by atoms with Crippen molar-refractivity contribution < 1.29 is 9.53 Å². The van der Waals surface area contributed by atoms with Crippen LogP contribution in [-0.4, -0.2) is 64.5 Å². The van der Waals surface area contributed by atoms with Gasteiger partial charge in [0.25, 0.3) is 0 Å². The number of hydrogen-bond acceptors (Lipinski definition) is 6. The first-order valence-electron chi connectivity index (χ1n) is 12.4. The number of nitrogens with zero attached hydrogens (tertiary/aromatic N) is 5. The number of methoxy groups -OCH3 is 1. The second kappa shape index (κ2) is 10.1. The highest BCUT2D eigenvalue weighted by atomic mass is 16.5. The smallest absolute Gasteiger partial charge is 0.225 e. The molecule has 3 saturated heterocycles. The summed E-state index contributed by atoms with van der Waals surface area (Å²) in [6.07, 6.45) is 9.26. The van der Waals surface area contributed by atoms with Gasteiger partial charge >= 0.3 is 0 Å². The molecule has 7 nitrogen and oxygen atoms in total. The van der Waals surface area contributed by atoms with Crippen molar-refractivity contribution in [1.29, 1.82) is 0 Å². The van der Waals surface area contributed by atoms with Gasteiger partial charge in [0.05, 0.1) is 12.8 Å². The SMILES string of the molecule is COc1ccc(CN2C(=O)CCCC[C@@H]3[C@@H]2CCN3Cc2ccnc(N3CCCC3)n2)cc1. The Morgan fingerprint density at radius 3 is 2.55 bits per heavy atom. The second-order valence-electron chi connectivity index (χ2n) is 9.55. The predicted molar refractivity (Wildman–Crippen MR) is 128 cm³/mol. The average molecular weight is 450 g/mol. The molecular formula is C26H35N5O2. The molecule has 0 saturated carbocycles. The number of carbonyl (C=O) groups is 1. The van der Waals surface area contributed by atoms with E-state index in [-0.39, 0.29) is 6.04 Å². The van der Waals surface area contributed by atoms with Gasteiger partial charge in [0.1, 0.15) is 5.75 Å². The lowest BCUT2D eigenvalue weighted by Gasteiger charge is -2.37. The van der Waals surface area contributed by atoms with E-state index in [1.807, 2.05) is 18.3 Å². The number of likely N-dealkylation sites (tertiary alicyclic amines) is 2. The van der Waals surface area contributed by atoms with Crippen molar-refractivity contribution in [3.05, 3.63) is 47.8 Å². The van der Waals surface area contributed by atoms with Gasteiger partial charge < -0.3 is 14.5 Å². The average Bonchev–Trinajstić information content (AvgIpc) is 3.50. The molecule has 4 heterocycles. The molecule has 0 bridgehead atoms. The summed E-state index contributed by atoms with van der Waals surface area (Å²) in [4.78, 5) is 29.6.